The second-order valence-electron chi connectivity index (χ2n) is 15.4. The fourth-order valence-electron chi connectivity index (χ4n) is 8.15. The molecule has 3 rings (SSSR count). The molecule has 0 N–H and O–H groups in total. The van der Waals surface area contributed by atoms with E-state index in [1.165, 1.54) is 11.1 Å². The molecule has 2 heterocycles. The van der Waals surface area contributed by atoms with Gasteiger partial charge in [0, 0.05) is 61.6 Å². The normalized spacial score (nSPS) is 23.2. The van der Waals surface area contributed by atoms with Crippen molar-refractivity contribution in [2.45, 2.75) is 161 Å². The monoisotopic (exact) mass is 554 g/mol. The van der Waals surface area contributed by atoms with Crippen LogP contribution in [0.25, 0.3) is 0 Å². The summed E-state index contributed by atoms with van der Waals surface area (Å²) in [5.41, 5.74) is 2.89. The van der Waals surface area contributed by atoms with Crippen LogP contribution in [-0.4, -0.2) is 56.7 Å². The number of hydrogen-bond donors (Lipinski definition) is 0. The van der Waals surface area contributed by atoms with Crippen LogP contribution in [0.3, 0.4) is 0 Å². The third-order valence-electron chi connectivity index (χ3n) is 9.74. The number of nitrogens with zero attached hydrogens (tertiary/aromatic N) is 2. The molecule has 226 valence electrons. The van der Waals surface area contributed by atoms with E-state index in [1.807, 2.05) is 7.11 Å². The number of unbranched alkanes of at least 4 members (excludes halogenated alkanes) is 1. The lowest BCUT2D eigenvalue weighted by Crippen LogP contribution is -2.61. The fourth-order valence-corrected chi connectivity index (χ4v) is 8.15. The van der Waals surface area contributed by atoms with Crippen molar-refractivity contribution >= 4 is 11.6 Å². The van der Waals surface area contributed by atoms with Crippen LogP contribution >= 0.6 is 0 Å². The van der Waals surface area contributed by atoms with Gasteiger partial charge < -0.3 is 9.53 Å². The first kappa shape index (κ1) is 32.9. The quantitative estimate of drug-likeness (QED) is 0.247. The number of carbonyl (C=O) groups is 2. The predicted molar refractivity (Wildman–Crippen MR) is 165 cm³/mol. The van der Waals surface area contributed by atoms with Crippen molar-refractivity contribution in [2.24, 2.45) is 5.92 Å². The van der Waals surface area contributed by atoms with Gasteiger partial charge in [0.05, 0.1) is 6.10 Å². The van der Waals surface area contributed by atoms with Gasteiger partial charge in [0.1, 0.15) is 11.6 Å². The maximum absolute atomic E-state index is 12.7. The van der Waals surface area contributed by atoms with Gasteiger partial charge in [0.2, 0.25) is 0 Å². The Hall–Kier alpha value is -1.56. The molecule has 5 nitrogen and oxygen atoms in total. The van der Waals surface area contributed by atoms with Gasteiger partial charge >= 0.3 is 0 Å². The number of piperidine rings is 2. The van der Waals surface area contributed by atoms with Crippen molar-refractivity contribution < 1.29 is 14.3 Å². The molecule has 1 aromatic rings. The summed E-state index contributed by atoms with van der Waals surface area (Å²) < 4.78 is 5.78. The molecule has 5 heteroatoms. The maximum atomic E-state index is 12.7. The zero-order valence-electron chi connectivity index (χ0n) is 27.4. The molecule has 2 aliphatic heterocycles. The molecule has 0 unspecified atom stereocenters. The topological polar surface area (TPSA) is 49.9 Å². The van der Waals surface area contributed by atoms with Crippen LogP contribution in [0.1, 0.15) is 131 Å². The average Bonchev–Trinajstić information content (AvgIpc) is 2.81. The molecule has 0 spiro atoms. The molecule has 0 atom stereocenters. The molecule has 1 aromatic carbocycles. The summed E-state index contributed by atoms with van der Waals surface area (Å²) >= 11 is 0. The van der Waals surface area contributed by atoms with Gasteiger partial charge in [0.15, 0.2) is 0 Å². The summed E-state index contributed by atoms with van der Waals surface area (Å²) in [6.07, 6.45) is 8.03. The molecule has 2 fully saturated rings. The third kappa shape index (κ3) is 8.49. The minimum absolute atomic E-state index is 0.0136. The van der Waals surface area contributed by atoms with E-state index < -0.39 is 0 Å². The van der Waals surface area contributed by atoms with Crippen LogP contribution in [0.5, 0.6) is 0 Å². The summed E-state index contributed by atoms with van der Waals surface area (Å²) in [4.78, 5) is 29.2. The zero-order valence-corrected chi connectivity index (χ0v) is 27.4. The lowest BCUT2D eigenvalue weighted by atomic mass is 9.71. The Bertz CT molecular complexity index is 972. The summed E-state index contributed by atoms with van der Waals surface area (Å²) in [6.45, 7) is 22.3. The number of hydrogen-bond acceptors (Lipinski definition) is 5. The van der Waals surface area contributed by atoms with E-state index >= 15 is 0 Å². The van der Waals surface area contributed by atoms with Crippen molar-refractivity contribution in [3.05, 3.63) is 35.4 Å². The molecule has 0 saturated carbocycles. The molecule has 0 bridgehead atoms. The van der Waals surface area contributed by atoms with Crippen LogP contribution < -0.4 is 0 Å². The Labute approximate surface area is 245 Å². The number of rotatable bonds is 12. The maximum Gasteiger partial charge on any atom is 0.133 e. The Morgan fingerprint density at radius 1 is 0.725 bits per heavy atom. The fraction of sp³-hybridized carbons (Fsp3) is 0.771. The number of likely N-dealkylation sites (tertiary alicyclic amines) is 2. The third-order valence-corrected chi connectivity index (χ3v) is 9.74. The first-order valence-corrected chi connectivity index (χ1v) is 15.6. The summed E-state index contributed by atoms with van der Waals surface area (Å²) in [5, 5.41) is 0. The Balaban J connectivity index is 1.61. The van der Waals surface area contributed by atoms with Gasteiger partial charge in [-0.3, -0.25) is 14.6 Å². The average molecular weight is 555 g/mol. The van der Waals surface area contributed by atoms with Gasteiger partial charge in [-0.25, -0.2) is 0 Å². The van der Waals surface area contributed by atoms with Crippen molar-refractivity contribution in [3.8, 4) is 0 Å². The molecule has 40 heavy (non-hydrogen) atoms. The van der Waals surface area contributed by atoms with Crippen LogP contribution in [0.4, 0.5) is 0 Å². The summed E-state index contributed by atoms with van der Waals surface area (Å²) in [6, 6.07) is 9.28. The second kappa shape index (κ2) is 12.8. The first-order valence-electron chi connectivity index (χ1n) is 15.6. The SMILES string of the molecule is COC1CC(C)(C)N(Cc2ccc(CN3C(C)(C)CC(CC(=O)CCCCC(C)=O)CC3(C)C)cc2)C(C)(C)C1. The van der Waals surface area contributed by atoms with E-state index in [0.717, 1.165) is 51.6 Å². The van der Waals surface area contributed by atoms with Crippen molar-refractivity contribution in [1.82, 2.24) is 9.80 Å². The highest BCUT2D eigenvalue weighted by molar-refractivity contribution is 5.79. The molecule has 0 aromatic heterocycles. The highest BCUT2D eigenvalue weighted by atomic mass is 16.5. The summed E-state index contributed by atoms with van der Waals surface area (Å²) in [7, 11) is 1.84. The number of Topliss-reactive ketones (excluding diaryl/α,β-unsaturated/α-hetero) is 2. The Kier molecular flexibility index (Phi) is 10.5. The van der Waals surface area contributed by atoms with E-state index in [2.05, 4.69) is 89.5 Å². The van der Waals surface area contributed by atoms with Gasteiger partial charge in [-0.05, 0) is 118 Å². The van der Waals surface area contributed by atoms with Crippen molar-refractivity contribution in [2.75, 3.05) is 7.11 Å². The highest BCUT2D eigenvalue weighted by Gasteiger charge is 2.46. The zero-order chi connectivity index (χ0) is 29.9. The van der Waals surface area contributed by atoms with Crippen LogP contribution in [-0.2, 0) is 27.4 Å². The largest absolute Gasteiger partial charge is 0.381 e. The minimum atomic E-state index is 0.0136. The second-order valence-corrected chi connectivity index (χ2v) is 15.4. The molecular formula is C35H58N2O3. The smallest absolute Gasteiger partial charge is 0.133 e. The summed E-state index contributed by atoms with van der Waals surface area (Å²) in [5.74, 6) is 0.994. The standard InChI is InChI=1S/C35H58N2O3/c1-26(38)13-11-12-14-30(39)19-29-20-32(2,3)36(33(4,5)21-29)24-27-15-17-28(18-16-27)25-37-34(6,7)22-31(40-10)23-35(37,8)9/h15-18,29,31H,11-14,19-25H2,1-10H3. The Morgan fingerprint density at radius 3 is 1.52 bits per heavy atom. The number of carbonyl (C=O) groups excluding carboxylic acids is 2. The van der Waals surface area contributed by atoms with Crippen LogP contribution in [0.15, 0.2) is 24.3 Å². The van der Waals surface area contributed by atoms with Gasteiger partial charge in [-0.1, -0.05) is 24.3 Å². The Morgan fingerprint density at radius 2 is 1.12 bits per heavy atom. The number of benzene rings is 1. The molecule has 0 aliphatic carbocycles. The molecule has 0 amide bonds. The van der Waals surface area contributed by atoms with Crippen molar-refractivity contribution in [3.63, 3.8) is 0 Å². The van der Waals surface area contributed by atoms with E-state index in [9.17, 15) is 9.59 Å². The van der Waals surface area contributed by atoms with E-state index in [1.54, 1.807) is 6.92 Å². The molecular weight excluding hydrogens is 496 g/mol. The van der Waals surface area contributed by atoms with Gasteiger partial charge in [-0.2, -0.15) is 0 Å². The lowest BCUT2D eigenvalue weighted by molar-refractivity contribution is -0.123. The van der Waals surface area contributed by atoms with Crippen molar-refractivity contribution in [1.29, 1.82) is 0 Å². The molecule has 0 radical (unpaired) electrons. The molecule has 2 saturated heterocycles. The molecule has 2 aliphatic rings. The number of ether oxygens (including phenoxy) is 1. The highest BCUT2D eigenvalue weighted by Crippen LogP contribution is 2.44. The van der Waals surface area contributed by atoms with E-state index in [4.69, 9.17) is 4.74 Å². The number of methoxy groups -OCH3 is 1. The van der Waals surface area contributed by atoms with E-state index in [-0.39, 0.29) is 27.9 Å². The van der Waals surface area contributed by atoms with Gasteiger partial charge in [-0.15, -0.1) is 0 Å². The van der Waals surface area contributed by atoms with Gasteiger partial charge in [0.25, 0.3) is 0 Å². The lowest BCUT2D eigenvalue weighted by Gasteiger charge is -2.55. The minimum Gasteiger partial charge on any atom is -0.381 e. The first-order chi connectivity index (χ1) is 18.4. The number of ketones is 2. The van der Waals surface area contributed by atoms with Crippen LogP contribution in [0.2, 0.25) is 0 Å². The predicted octanol–water partition coefficient (Wildman–Crippen LogP) is 7.73. The van der Waals surface area contributed by atoms with Crippen LogP contribution in [0, 0.1) is 5.92 Å². The van der Waals surface area contributed by atoms with E-state index in [0.29, 0.717) is 37.1 Å².